The van der Waals surface area contributed by atoms with E-state index in [0.717, 1.165) is 0 Å². The molecule has 2 atom stereocenters. The maximum Gasteiger partial charge on any atom is 0.261 e. The Hall–Kier alpha value is -3.29. The number of benzene rings is 1. The predicted molar refractivity (Wildman–Crippen MR) is 108 cm³/mol. The molecule has 0 bridgehead atoms. The number of likely N-dealkylation sites (tertiary alicyclic amines) is 2. The van der Waals surface area contributed by atoms with Crippen LogP contribution in [0.5, 0.6) is 0 Å². The highest BCUT2D eigenvalue weighted by molar-refractivity contribution is 6.06. The van der Waals surface area contributed by atoms with Crippen molar-refractivity contribution in [2.24, 2.45) is 11.8 Å². The van der Waals surface area contributed by atoms with Crippen molar-refractivity contribution < 1.29 is 14.4 Å². The molecule has 30 heavy (non-hydrogen) atoms. The molecule has 1 aliphatic carbocycles. The third-order valence-corrected chi connectivity index (χ3v) is 6.42. The lowest BCUT2D eigenvalue weighted by Gasteiger charge is -2.43. The largest absolute Gasteiger partial charge is 0.338 e. The van der Waals surface area contributed by atoms with Gasteiger partial charge in [0.05, 0.1) is 35.1 Å². The van der Waals surface area contributed by atoms with Gasteiger partial charge in [0.15, 0.2) is 0 Å². The molecular weight excluding hydrogens is 384 g/mol. The molecule has 0 radical (unpaired) electrons. The van der Waals surface area contributed by atoms with Gasteiger partial charge in [-0.2, -0.15) is 0 Å². The van der Waals surface area contributed by atoms with Gasteiger partial charge < -0.3 is 4.90 Å². The number of nitrogens with zero attached hydrogens (tertiary/aromatic N) is 4. The molecule has 2 unspecified atom stereocenters. The fourth-order valence-electron chi connectivity index (χ4n) is 4.65. The van der Waals surface area contributed by atoms with Crippen molar-refractivity contribution in [3.05, 3.63) is 53.1 Å². The van der Waals surface area contributed by atoms with Gasteiger partial charge in [-0.3, -0.25) is 28.6 Å². The van der Waals surface area contributed by atoms with Crippen molar-refractivity contribution in [2.75, 3.05) is 13.1 Å². The number of hydrogen-bond donors (Lipinski definition) is 0. The molecule has 5 rings (SSSR count). The van der Waals surface area contributed by atoms with Crippen molar-refractivity contribution in [1.29, 1.82) is 0 Å². The number of hydrogen-bond acceptors (Lipinski definition) is 5. The highest BCUT2D eigenvalue weighted by Crippen LogP contribution is 2.37. The first-order chi connectivity index (χ1) is 14.5. The van der Waals surface area contributed by atoms with Crippen LogP contribution in [0.15, 0.2) is 47.5 Å². The zero-order valence-electron chi connectivity index (χ0n) is 16.4. The molecule has 2 aromatic rings. The summed E-state index contributed by atoms with van der Waals surface area (Å²) in [5.74, 6) is -0.760. The van der Waals surface area contributed by atoms with Crippen LogP contribution < -0.4 is 5.56 Å². The summed E-state index contributed by atoms with van der Waals surface area (Å²) in [4.78, 5) is 57.6. The Morgan fingerprint density at radius 3 is 2.37 bits per heavy atom. The van der Waals surface area contributed by atoms with Crippen molar-refractivity contribution in [2.45, 2.75) is 31.8 Å². The number of rotatable bonds is 4. The Morgan fingerprint density at radius 2 is 1.67 bits per heavy atom. The maximum absolute atomic E-state index is 12.6. The number of carbonyl (C=O) groups is 3. The summed E-state index contributed by atoms with van der Waals surface area (Å²) in [6.45, 7) is 0.982. The summed E-state index contributed by atoms with van der Waals surface area (Å²) >= 11 is 0. The molecule has 2 saturated heterocycles. The third kappa shape index (κ3) is 2.94. The molecule has 1 aromatic carbocycles. The second-order valence-electron chi connectivity index (χ2n) is 8.17. The molecule has 3 aliphatic rings. The van der Waals surface area contributed by atoms with E-state index in [2.05, 4.69) is 4.98 Å². The van der Waals surface area contributed by atoms with Crippen molar-refractivity contribution >= 4 is 28.6 Å². The number of aromatic nitrogens is 2. The van der Waals surface area contributed by atoms with E-state index in [0.29, 0.717) is 36.8 Å². The van der Waals surface area contributed by atoms with Gasteiger partial charge in [0.2, 0.25) is 17.7 Å². The molecule has 3 heterocycles. The topological polar surface area (TPSA) is 92.6 Å². The van der Waals surface area contributed by atoms with E-state index in [-0.39, 0.29) is 54.1 Å². The fraction of sp³-hybridized carbons (Fsp3) is 0.409. The standard InChI is InChI=1S/C22H22N4O4/c27-19(9-10-24-13-23-18-8-4-3-7-17(18)20(24)28)25-11-14(12-25)26-21(29)15-5-1-2-6-16(15)22(26)30/h1-4,7-8,13-16H,5-6,9-12H2. The lowest BCUT2D eigenvalue weighted by molar-refractivity contribution is -0.152. The van der Waals surface area contributed by atoms with Crippen LogP contribution in [0.2, 0.25) is 0 Å². The predicted octanol–water partition coefficient (Wildman–Crippen LogP) is 0.949. The molecule has 0 saturated carbocycles. The van der Waals surface area contributed by atoms with Crippen LogP contribution in [0.4, 0.5) is 0 Å². The van der Waals surface area contributed by atoms with Gasteiger partial charge in [0, 0.05) is 26.1 Å². The normalized spacial score (nSPS) is 23.7. The van der Waals surface area contributed by atoms with Crippen LogP contribution >= 0.6 is 0 Å². The van der Waals surface area contributed by atoms with Crippen LogP contribution in [0, 0.1) is 11.8 Å². The quantitative estimate of drug-likeness (QED) is 0.557. The Bertz CT molecular complexity index is 1110. The minimum absolute atomic E-state index is 0.0931. The van der Waals surface area contributed by atoms with Gasteiger partial charge in [-0.25, -0.2) is 4.98 Å². The highest BCUT2D eigenvalue weighted by atomic mass is 16.2. The van der Waals surface area contributed by atoms with E-state index in [1.165, 1.54) is 15.8 Å². The summed E-state index contributed by atoms with van der Waals surface area (Å²) in [6.07, 6.45) is 6.81. The first-order valence-electron chi connectivity index (χ1n) is 10.3. The average molecular weight is 406 g/mol. The molecule has 0 spiro atoms. The van der Waals surface area contributed by atoms with Gasteiger partial charge in [0.25, 0.3) is 5.56 Å². The monoisotopic (exact) mass is 406 g/mol. The van der Waals surface area contributed by atoms with Crippen LogP contribution in [-0.4, -0.2) is 56.2 Å². The van der Waals surface area contributed by atoms with Gasteiger partial charge >= 0.3 is 0 Å². The first-order valence-corrected chi connectivity index (χ1v) is 10.3. The summed E-state index contributed by atoms with van der Waals surface area (Å²) in [5, 5.41) is 0.526. The van der Waals surface area contributed by atoms with E-state index in [1.54, 1.807) is 23.1 Å². The number of amides is 3. The van der Waals surface area contributed by atoms with E-state index >= 15 is 0 Å². The molecule has 1 aromatic heterocycles. The SMILES string of the molecule is O=C(CCn1cnc2ccccc2c1=O)N1CC(N2C(=O)C3CC=CCC3C2=O)C1. The molecule has 0 N–H and O–H groups in total. The Balaban J connectivity index is 1.19. The molecule has 8 heteroatoms. The molecule has 3 amide bonds. The second-order valence-corrected chi connectivity index (χ2v) is 8.17. The number of fused-ring (bicyclic) bond motifs is 2. The number of aryl methyl sites for hydroxylation is 1. The second kappa shape index (κ2) is 7.19. The van der Waals surface area contributed by atoms with Gasteiger partial charge in [0.1, 0.15) is 0 Å². The van der Waals surface area contributed by atoms with Gasteiger partial charge in [-0.15, -0.1) is 0 Å². The van der Waals surface area contributed by atoms with Gasteiger partial charge in [-0.1, -0.05) is 24.3 Å². The lowest BCUT2D eigenvalue weighted by atomic mass is 9.85. The minimum Gasteiger partial charge on any atom is -0.338 e. The van der Waals surface area contributed by atoms with E-state index in [1.807, 2.05) is 18.2 Å². The van der Waals surface area contributed by atoms with E-state index in [4.69, 9.17) is 0 Å². The molecule has 8 nitrogen and oxygen atoms in total. The summed E-state index contributed by atoms with van der Waals surface area (Å²) in [6, 6.07) is 6.88. The molecular formula is C22H22N4O4. The van der Waals surface area contributed by atoms with E-state index < -0.39 is 0 Å². The molecule has 2 aliphatic heterocycles. The Kier molecular flexibility index (Phi) is 4.49. The van der Waals surface area contributed by atoms with Gasteiger partial charge in [-0.05, 0) is 25.0 Å². The zero-order chi connectivity index (χ0) is 20.8. The van der Waals surface area contributed by atoms with Crippen molar-refractivity contribution in [3.63, 3.8) is 0 Å². The summed E-state index contributed by atoms with van der Waals surface area (Å²) in [7, 11) is 0. The zero-order valence-corrected chi connectivity index (χ0v) is 16.4. The fourth-order valence-corrected chi connectivity index (χ4v) is 4.65. The van der Waals surface area contributed by atoms with Crippen LogP contribution in [-0.2, 0) is 20.9 Å². The number of allylic oxidation sites excluding steroid dienone is 2. The maximum atomic E-state index is 12.6. The van der Waals surface area contributed by atoms with E-state index in [9.17, 15) is 19.2 Å². The first kappa shape index (κ1) is 18.7. The summed E-state index contributed by atoms with van der Waals surface area (Å²) in [5.41, 5.74) is 0.464. The molecule has 2 fully saturated rings. The summed E-state index contributed by atoms with van der Waals surface area (Å²) < 4.78 is 1.45. The minimum atomic E-state index is -0.237. The van der Waals surface area contributed by atoms with Crippen LogP contribution in [0.25, 0.3) is 10.9 Å². The van der Waals surface area contributed by atoms with Crippen LogP contribution in [0.1, 0.15) is 19.3 Å². The number of imide groups is 1. The number of para-hydroxylation sites is 1. The third-order valence-electron chi connectivity index (χ3n) is 6.42. The van der Waals surface area contributed by atoms with Crippen molar-refractivity contribution in [1.82, 2.24) is 19.4 Å². The molecule has 154 valence electrons. The van der Waals surface area contributed by atoms with Crippen molar-refractivity contribution in [3.8, 4) is 0 Å². The Morgan fingerprint density at radius 1 is 1.00 bits per heavy atom. The lowest BCUT2D eigenvalue weighted by Crippen LogP contribution is -2.62. The Labute approximate surface area is 172 Å². The number of carbonyl (C=O) groups excluding carboxylic acids is 3. The average Bonchev–Trinajstić information content (AvgIpc) is 2.98. The highest BCUT2D eigenvalue weighted by Gasteiger charge is 2.52. The van der Waals surface area contributed by atoms with Crippen LogP contribution in [0.3, 0.4) is 0 Å². The smallest absolute Gasteiger partial charge is 0.261 e.